The first-order valence-electron chi connectivity index (χ1n) is 9.69. The molecule has 3 atom stereocenters. The molecule has 2 unspecified atom stereocenters. The molecule has 12 heteroatoms. The predicted molar refractivity (Wildman–Crippen MR) is 130 cm³/mol. The zero-order chi connectivity index (χ0) is 24.9. The van der Waals surface area contributed by atoms with Gasteiger partial charge in [-0.2, -0.15) is 5.26 Å². The fourth-order valence-corrected chi connectivity index (χ4v) is 4.66. The van der Waals surface area contributed by atoms with Crippen LogP contribution in [0.1, 0.15) is 38.8 Å². The third-order valence-electron chi connectivity index (χ3n) is 4.59. The largest absolute Gasteiger partial charge is 0.598 e. The maximum atomic E-state index is 14.3. The summed E-state index contributed by atoms with van der Waals surface area (Å²) in [6, 6.07) is 7.00. The highest BCUT2D eigenvalue weighted by atomic mass is 79.9. The van der Waals surface area contributed by atoms with E-state index in [1.165, 1.54) is 37.4 Å². The molecule has 0 saturated heterocycles. The molecule has 2 N–H and O–H groups in total. The Hall–Kier alpha value is -2.10. The highest BCUT2D eigenvalue weighted by Gasteiger charge is 2.32. The first kappa shape index (κ1) is 27.1. The van der Waals surface area contributed by atoms with E-state index in [0.29, 0.717) is 10.2 Å². The molecular formula is C21H23BrClFN4O4S. The number of ether oxygens (including phenoxy) is 1. The summed E-state index contributed by atoms with van der Waals surface area (Å²) in [7, 11) is 1.42. The van der Waals surface area contributed by atoms with E-state index in [2.05, 4.69) is 26.0 Å². The first-order valence-corrected chi connectivity index (χ1v) is 12.0. The third-order valence-corrected chi connectivity index (χ3v) is 7.28. The fraction of sp³-hybridized carbons (Fsp3) is 0.381. The smallest absolute Gasteiger partial charge is 0.292 e. The summed E-state index contributed by atoms with van der Waals surface area (Å²) >= 11 is 8.05. The van der Waals surface area contributed by atoms with Crippen molar-refractivity contribution in [2.75, 3.05) is 12.4 Å². The number of hydrogen-bond donors (Lipinski definition) is 2. The van der Waals surface area contributed by atoms with Crippen molar-refractivity contribution in [1.29, 1.82) is 5.26 Å². The molecule has 0 bridgehead atoms. The van der Waals surface area contributed by atoms with E-state index in [-0.39, 0.29) is 28.4 Å². The van der Waals surface area contributed by atoms with Crippen LogP contribution in [-0.2, 0) is 11.4 Å². The number of nitrogens with one attached hydrogen (secondary N) is 2. The van der Waals surface area contributed by atoms with Crippen LogP contribution in [0.15, 0.2) is 34.8 Å². The van der Waals surface area contributed by atoms with Crippen LogP contribution in [0.3, 0.4) is 0 Å². The summed E-state index contributed by atoms with van der Waals surface area (Å²) in [4.78, 5) is 11.0. The number of nitro groups is 1. The van der Waals surface area contributed by atoms with Gasteiger partial charge in [0.05, 0.1) is 29.2 Å². The van der Waals surface area contributed by atoms with Gasteiger partial charge in [-0.1, -0.05) is 27.5 Å². The van der Waals surface area contributed by atoms with Crippen LogP contribution in [0.25, 0.3) is 0 Å². The lowest BCUT2D eigenvalue weighted by molar-refractivity contribution is -0.384. The standard InChI is InChI=1S/C21H23BrClFN4O4S/c1-21(2,3)33(31)27-12(11-25)9-17(19-14(22)6-7-15(24)20(19)23)26-16-10-13(32-4)5-8-18(16)28(29)30/h5-8,10,12,17,26-27H,9H2,1-4H3/t12?,17-,33?/m1/s1. The van der Waals surface area contributed by atoms with E-state index in [1.54, 1.807) is 20.8 Å². The predicted octanol–water partition coefficient (Wildman–Crippen LogP) is 5.65. The van der Waals surface area contributed by atoms with E-state index < -0.39 is 38.9 Å². The molecule has 2 rings (SSSR count). The lowest BCUT2D eigenvalue weighted by Gasteiger charge is -2.28. The highest BCUT2D eigenvalue weighted by Crippen LogP contribution is 2.39. The van der Waals surface area contributed by atoms with E-state index in [4.69, 9.17) is 16.3 Å². The van der Waals surface area contributed by atoms with Gasteiger partial charge in [0, 0.05) is 40.0 Å². The number of hydrogen-bond acceptors (Lipinski definition) is 7. The molecule has 0 heterocycles. The van der Waals surface area contributed by atoms with Crippen molar-refractivity contribution in [3.63, 3.8) is 0 Å². The molecule has 8 nitrogen and oxygen atoms in total. The summed E-state index contributed by atoms with van der Waals surface area (Å²) in [5.74, 6) is -0.336. The van der Waals surface area contributed by atoms with Gasteiger partial charge in [0.2, 0.25) is 0 Å². The maximum Gasteiger partial charge on any atom is 0.292 e. The summed E-state index contributed by atoms with van der Waals surface area (Å²) in [5, 5.41) is 24.1. The van der Waals surface area contributed by atoms with Gasteiger partial charge in [0.25, 0.3) is 5.69 Å². The van der Waals surface area contributed by atoms with Gasteiger partial charge in [-0.15, -0.1) is 4.72 Å². The quantitative estimate of drug-likeness (QED) is 0.176. The molecule has 0 aliphatic carbocycles. The third kappa shape index (κ3) is 6.94. The monoisotopic (exact) mass is 560 g/mol. The minimum absolute atomic E-state index is 0.0333. The fourth-order valence-electron chi connectivity index (χ4n) is 2.88. The molecule has 178 valence electrons. The molecule has 0 amide bonds. The highest BCUT2D eigenvalue weighted by molar-refractivity contribution is 9.10. The maximum absolute atomic E-state index is 14.3. The number of halogens is 3. The zero-order valence-corrected chi connectivity index (χ0v) is 21.5. The minimum atomic E-state index is -1.57. The van der Waals surface area contributed by atoms with Crippen LogP contribution >= 0.6 is 27.5 Å². The van der Waals surface area contributed by atoms with Gasteiger partial charge < -0.3 is 14.6 Å². The Morgan fingerprint density at radius 2 is 2.03 bits per heavy atom. The Bertz CT molecular complexity index is 1060. The molecule has 0 saturated carbocycles. The number of rotatable bonds is 9. The van der Waals surface area contributed by atoms with Gasteiger partial charge >= 0.3 is 0 Å². The van der Waals surface area contributed by atoms with Crippen LogP contribution in [0.5, 0.6) is 5.75 Å². The lowest BCUT2D eigenvalue weighted by atomic mass is 9.99. The van der Waals surface area contributed by atoms with Gasteiger partial charge in [-0.3, -0.25) is 10.1 Å². The number of nitriles is 1. The van der Waals surface area contributed by atoms with Crippen molar-refractivity contribution in [3.8, 4) is 11.8 Å². The molecular weight excluding hydrogens is 539 g/mol. The van der Waals surface area contributed by atoms with Crippen LogP contribution < -0.4 is 14.8 Å². The molecule has 2 aromatic carbocycles. The second kappa shape index (κ2) is 11.4. The van der Waals surface area contributed by atoms with Crippen LogP contribution in [-0.4, -0.2) is 27.4 Å². The average molecular weight is 562 g/mol. The van der Waals surface area contributed by atoms with E-state index in [9.17, 15) is 24.3 Å². The van der Waals surface area contributed by atoms with E-state index >= 15 is 0 Å². The topological polar surface area (TPSA) is 123 Å². The van der Waals surface area contributed by atoms with Crippen LogP contribution in [0.2, 0.25) is 5.02 Å². The molecule has 33 heavy (non-hydrogen) atoms. The summed E-state index contributed by atoms with van der Waals surface area (Å²) in [6.45, 7) is 5.25. The second-order valence-electron chi connectivity index (χ2n) is 8.01. The molecule has 0 fully saturated rings. The number of methoxy groups -OCH3 is 1. The summed E-state index contributed by atoms with van der Waals surface area (Å²) in [5.41, 5.74) is 0.103. The number of anilines is 1. The Morgan fingerprint density at radius 1 is 1.36 bits per heavy atom. The number of nitro benzene ring substituents is 1. The Morgan fingerprint density at radius 3 is 2.58 bits per heavy atom. The van der Waals surface area contributed by atoms with Gasteiger partial charge in [-0.25, -0.2) is 4.39 Å². The molecule has 0 aromatic heterocycles. The normalized spacial score (nSPS) is 14.2. The van der Waals surface area contributed by atoms with Crippen molar-refractivity contribution >= 4 is 50.3 Å². The Kier molecular flexibility index (Phi) is 9.34. The lowest BCUT2D eigenvalue weighted by Crippen LogP contribution is -2.45. The average Bonchev–Trinajstić information content (AvgIpc) is 2.74. The number of benzene rings is 2. The van der Waals surface area contributed by atoms with Crippen molar-refractivity contribution in [2.24, 2.45) is 0 Å². The molecule has 0 aliphatic rings. The van der Waals surface area contributed by atoms with Crippen molar-refractivity contribution in [3.05, 3.63) is 61.3 Å². The summed E-state index contributed by atoms with van der Waals surface area (Å²) < 4.78 is 34.6. The van der Waals surface area contributed by atoms with Crippen molar-refractivity contribution < 1.29 is 18.6 Å². The molecule has 0 radical (unpaired) electrons. The molecule has 0 aliphatic heterocycles. The molecule has 0 spiro atoms. The van der Waals surface area contributed by atoms with E-state index in [1.807, 2.05) is 6.07 Å². The Labute approximate surface area is 208 Å². The minimum Gasteiger partial charge on any atom is -0.598 e. The second-order valence-corrected chi connectivity index (χ2v) is 11.2. The van der Waals surface area contributed by atoms with E-state index in [0.717, 1.165) is 0 Å². The summed E-state index contributed by atoms with van der Waals surface area (Å²) in [6.07, 6.45) is -0.0333. The zero-order valence-electron chi connectivity index (χ0n) is 18.3. The Balaban J connectivity index is 2.55. The van der Waals surface area contributed by atoms with Gasteiger partial charge in [0.1, 0.15) is 28.0 Å². The SMILES string of the molecule is COc1ccc([N+](=O)[O-])c(N[C@H](CC(C#N)N[S+]([O-])C(C)(C)C)c2c(Br)ccc(F)c2Cl)c1. The van der Waals surface area contributed by atoms with Gasteiger partial charge in [-0.05, 0) is 39.0 Å². The van der Waals surface area contributed by atoms with Gasteiger partial charge in [0.15, 0.2) is 0 Å². The number of nitrogens with zero attached hydrogens (tertiary/aromatic N) is 2. The van der Waals surface area contributed by atoms with Crippen molar-refractivity contribution in [1.82, 2.24) is 4.72 Å². The first-order chi connectivity index (χ1) is 15.4. The molecule has 2 aromatic rings. The van der Waals surface area contributed by atoms with Crippen LogP contribution in [0.4, 0.5) is 15.8 Å². The van der Waals surface area contributed by atoms with Crippen LogP contribution in [0, 0.1) is 27.3 Å². The van der Waals surface area contributed by atoms with Crippen molar-refractivity contribution in [2.45, 2.75) is 44.0 Å².